The Morgan fingerprint density at radius 1 is 1.26 bits per heavy atom. The molecule has 0 aliphatic heterocycles. The van der Waals surface area contributed by atoms with Gasteiger partial charge < -0.3 is 14.8 Å². The van der Waals surface area contributed by atoms with E-state index in [4.69, 9.17) is 4.74 Å². The van der Waals surface area contributed by atoms with Crippen LogP contribution in [0, 0.1) is 0 Å². The molecule has 0 aliphatic carbocycles. The van der Waals surface area contributed by atoms with Crippen LogP contribution in [0.1, 0.15) is 0 Å². The van der Waals surface area contributed by atoms with Gasteiger partial charge >= 0.3 is 12.5 Å². The van der Waals surface area contributed by atoms with E-state index in [1.807, 2.05) is 0 Å². The molecule has 0 atom stereocenters. The van der Waals surface area contributed by atoms with Gasteiger partial charge in [0.15, 0.2) is 0 Å². The molecule has 1 rings (SSSR count). The molecule has 1 aromatic carbocycles. The zero-order valence-corrected chi connectivity index (χ0v) is 10.1. The molecule has 2 N–H and O–H groups in total. The zero-order chi connectivity index (χ0) is 14.3. The highest BCUT2D eigenvalue weighted by molar-refractivity contribution is 5.84. The Labute approximate surface area is 107 Å². The number of carbonyl (C=O) groups excluding carboxylic acids is 1. The average Bonchev–Trinajstić information content (AvgIpc) is 2.30. The summed E-state index contributed by atoms with van der Waals surface area (Å²) >= 11 is 0. The van der Waals surface area contributed by atoms with Crippen molar-refractivity contribution in [2.24, 2.45) is 0 Å². The number of halogens is 3. The molecular formula is C11H13F3N2O3. The molecule has 0 saturated carbocycles. The van der Waals surface area contributed by atoms with Gasteiger partial charge in [-0.3, -0.25) is 5.32 Å². The normalized spacial score (nSPS) is 10.9. The number of hydrogen-bond donors (Lipinski definition) is 2. The van der Waals surface area contributed by atoms with E-state index in [0.29, 0.717) is 12.2 Å². The Morgan fingerprint density at radius 3 is 2.42 bits per heavy atom. The van der Waals surface area contributed by atoms with Crippen molar-refractivity contribution in [1.29, 1.82) is 0 Å². The first-order chi connectivity index (χ1) is 8.90. The number of hydrogen-bond acceptors (Lipinski definition) is 4. The van der Waals surface area contributed by atoms with Crippen molar-refractivity contribution in [2.75, 3.05) is 25.5 Å². The molecule has 5 nitrogen and oxygen atoms in total. The van der Waals surface area contributed by atoms with Gasteiger partial charge in [0.1, 0.15) is 12.4 Å². The maximum atomic E-state index is 11.9. The smallest absolute Gasteiger partial charge is 0.448 e. The molecule has 8 heteroatoms. The number of benzene rings is 1. The lowest BCUT2D eigenvalue weighted by Crippen LogP contribution is -2.20. The second kappa shape index (κ2) is 6.83. The van der Waals surface area contributed by atoms with Crippen molar-refractivity contribution in [3.8, 4) is 5.75 Å². The zero-order valence-electron chi connectivity index (χ0n) is 10.1. The van der Waals surface area contributed by atoms with Crippen LogP contribution in [0.2, 0.25) is 0 Å². The number of ether oxygens (including phenoxy) is 2. The Bertz CT molecular complexity index is 407. The fourth-order valence-electron chi connectivity index (χ4n) is 1.14. The van der Waals surface area contributed by atoms with Crippen molar-refractivity contribution < 1.29 is 27.4 Å². The summed E-state index contributed by atoms with van der Waals surface area (Å²) in [6.07, 6.45) is -5.42. The molecule has 0 aromatic heterocycles. The molecule has 1 aromatic rings. The number of nitrogens with one attached hydrogen (secondary N) is 2. The number of alkyl halides is 3. The first-order valence-corrected chi connectivity index (χ1v) is 5.35. The van der Waals surface area contributed by atoms with Gasteiger partial charge in [0, 0.05) is 12.2 Å². The van der Waals surface area contributed by atoms with Crippen molar-refractivity contribution in [3.63, 3.8) is 0 Å². The maximum absolute atomic E-state index is 11.9. The number of likely N-dealkylation sites (N-methyl/N-ethyl adjacent to an activating group) is 1. The van der Waals surface area contributed by atoms with Crippen LogP contribution < -0.4 is 15.4 Å². The molecule has 0 radical (unpaired) electrons. The van der Waals surface area contributed by atoms with Gasteiger partial charge in [-0.05, 0) is 31.3 Å². The average molecular weight is 278 g/mol. The highest BCUT2D eigenvalue weighted by atomic mass is 19.4. The van der Waals surface area contributed by atoms with Gasteiger partial charge in [0.25, 0.3) is 0 Å². The monoisotopic (exact) mass is 278 g/mol. The number of carbonyl (C=O) groups is 1. The minimum atomic E-state index is -4.74. The minimum absolute atomic E-state index is 0.192. The molecule has 0 aliphatic rings. The van der Waals surface area contributed by atoms with E-state index in [-0.39, 0.29) is 12.4 Å². The predicted octanol–water partition coefficient (Wildman–Crippen LogP) is 2.35. The highest BCUT2D eigenvalue weighted by Gasteiger charge is 2.30. The summed E-state index contributed by atoms with van der Waals surface area (Å²) in [5.41, 5.74) is 0.309. The third kappa shape index (κ3) is 6.51. The Balaban J connectivity index is 2.46. The summed E-state index contributed by atoms with van der Waals surface area (Å²) in [4.78, 5) is 11.2. The molecule has 0 fully saturated rings. The Hall–Kier alpha value is -1.96. The second-order valence-electron chi connectivity index (χ2n) is 3.44. The molecule has 0 saturated heterocycles. The van der Waals surface area contributed by atoms with Crippen LogP contribution in [0.3, 0.4) is 0 Å². The fourth-order valence-corrected chi connectivity index (χ4v) is 1.14. The third-order valence-electron chi connectivity index (χ3n) is 1.92. The summed E-state index contributed by atoms with van der Waals surface area (Å²) in [5, 5.41) is 5.15. The van der Waals surface area contributed by atoms with Crippen molar-refractivity contribution in [3.05, 3.63) is 24.3 Å². The molecule has 106 valence electrons. The molecular weight excluding hydrogens is 265 g/mol. The highest BCUT2D eigenvalue weighted by Crippen LogP contribution is 2.23. The topological polar surface area (TPSA) is 59.6 Å². The number of amides is 1. The standard InChI is InChI=1S/C11H13F3N2O3/c1-15-6-7-18-10(17)16-8-2-4-9(5-3-8)19-11(12,13)14/h2-5,15H,6-7H2,1H3,(H,16,17). The van der Waals surface area contributed by atoms with Crippen molar-refractivity contribution >= 4 is 11.8 Å². The fraction of sp³-hybridized carbons (Fsp3) is 0.364. The molecule has 1 amide bonds. The largest absolute Gasteiger partial charge is 0.573 e. The third-order valence-corrected chi connectivity index (χ3v) is 1.92. The first-order valence-electron chi connectivity index (χ1n) is 5.35. The van der Waals surface area contributed by atoms with Crippen LogP contribution in [-0.4, -0.2) is 32.7 Å². The van der Waals surface area contributed by atoms with Gasteiger partial charge in [0.05, 0.1) is 0 Å². The quantitative estimate of drug-likeness (QED) is 0.812. The summed E-state index contributed by atoms with van der Waals surface area (Å²) in [7, 11) is 1.71. The Kier molecular flexibility index (Phi) is 5.43. The number of rotatable bonds is 5. The number of anilines is 1. The van der Waals surface area contributed by atoms with Gasteiger partial charge in [-0.2, -0.15) is 0 Å². The lowest BCUT2D eigenvalue weighted by Gasteiger charge is -2.10. The summed E-state index contributed by atoms with van der Waals surface area (Å²) in [5.74, 6) is -0.360. The van der Waals surface area contributed by atoms with E-state index in [0.717, 1.165) is 12.1 Å². The maximum Gasteiger partial charge on any atom is 0.573 e. The van der Waals surface area contributed by atoms with Crippen LogP contribution in [0.25, 0.3) is 0 Å². The molecule has 0 heterocycles. The van der Waals surface area contributed by atoms with Crippen LogP contribution in [-0.2, 0) is 4.74 Å². The summed E-state index contributed by atoms with van der Waals surface area (Å²) in [6.45, 7) is 0.698. The van der Waals surface area contributed by atoms with E-state index in [1.165, 1.54) is 12.1 Å². The van der Waals surface area contributed by atoms with Crippen LogP contribution in [0.15, 0.2) is 24.3 Å². The van der Waals surface area contributed by atoms with E-state index in [2.05, 4.69) is 15.4 Å². The van der Waals surface area contributed by atoms with E-state index >= 15 is 0 Å². The van der Waals surface area contributed by atoms with Crippen LogP contribution in [0.5, 0.6) is 5.75 Å². The van der Waals surface area contributed by atoms with Crippen LogP contribution in [0.4, 0.5) is 23.7 Å². The molecule has 0 spiro atoms. The Morgan fingerprint density at radius 2 is 1.89 bits per heavy atom. The summed E-state index contributed by atoms with van der Waals surface area (Å²) < 4.78 is 44.2. The molecule has 0 bridgehead atoms. The van der Waals surface area contributed by atoms with E-state index < -0.39 is 12.5 Å². The van der Waals surface area contributed by atoms with Gasteiger partial charge in [-0.1, -0.05) is 0 Å². The molecule has 0 unspecified atom stereocenters. The SMILES string of the molecule is CNCCOC(=O)Nc1ccc(OC(F)(F)F)cc1. The van der Waals surface area contributed by atoms with Gasteiger partial charge in [0.2, 0.25) is 0 Å². The first kappa shape index (κ1) is 15.1. The predicted molar refractivity (Wildman–Crippen MR) is 62.0 cm³/mol. The lowest BCUT2D eigenvalue weighted by molar-refractivity contribution is -0.274. The minimum Gasteiger partial charge on any atom is -0.448 e. The molecule has 19 heavy (non-hydrogen) atoms. The van der Waals surface area contributed by atoms with E-state index in [9.17, 15) is 18.0 Å². The van der Waals surface area contributed by atoms with Crippen molar-refractivity contribution in [1.82, 2.24) is 5.32 Å². The van der Waals surface area contributed by atoms with Crippen LogP contribution >= 0.6 is 0 Å². The van der Waals surface area contributed by atoms with E-state index in [1.54, 1.807) is 7.05 Å². The second-order valence-corrected chi connectivity index (χ2v) is 3.44. The van der Waals surface area contributed by atoms with Crippen molar-refractivity contribution in [2.45, 2.75) is 6.36 Å². The summed E-state index contributed by atoms with van der Waals surface area (Å²) in [6, 6.07) is 4.74. The lowest BCUT2D eigenvalue weighted by atomic mass is 10.3. The van der Waals surface area contributed by atoms with Gasteiger partial charge in [-0.25, -0.2) is 4.79 Å². The van der Waals surface area contributed by atoms with Gasteiger partial charge in [-0.15, -0.1) is 13.2 Å².